The Morgan fingerprint density at radius 1 is 1.27 bits per heavy atom. The van der Waals surface area contributed by atoms with E-state index in [0.29, 0.717) is 36.7 Å². The molecule has 0 amide bonds. The van der Waals surface area contributed by atoms with Gasteiger partial charge in [0.2, 0.25) is 0 Å². The lowest BCUT2D eigenvalue weighted by atomic mass is 9.88. The minimum Gasteiger partial charge on any atom is -0.384 e. The molecule has 1 atom stereocenters. The van der Waals surface area contributed by atoms with Gasteiger partial charge >= 0.3 is 0 Å². The Morgan fingerprint density at radius 2 is 2.05 bits per heavy atom. The van der Waals surface area contributed by atoms with Crippen molar-refractivity contribution in [3.05, 3.63) is 52.6 Å². The van der Waals surface area contributed by atoms with Gasteiger partial charge in [-0.2, -0.15) is 5.10 Å². The highest BCUT2D eigenvalue weighted by atomic mass is 19.1. The van der Waals surface area contributed by atoms with Gasteiger partial charge in [0.25, 0.3) is 0 Å². The molecule has 4 aromatic rings. The maximum atomic E-state index is 15.5. The van der Waals surface area contributed by atoms with Crippen molar-refractivity contribution in [2.75, 3.05) is 25.1 Å². The molecule has 1 saturated heterocycles. The second kappa shape index (κ2) is 8.77. The highest BCUT2D eigenvalue weighted by Crippen LogP contribution is 2.45. The molecular weight excluding hydrogens is 475 g/mol. The van der Waals surface area contributed by atoms with Crippen LogP contribution in [0.25, 0.3) is 22.7 Å². The number of aryl methyl sites for hydroxylation is 2. The van der Waals surface area contributed by atoms with Crippen molar-refractivity contribution in [1.82, 2.24) is 34.7 Å². The summed E-state index contributed by atoms with van der Waals surface area (Å²) in [5.41, 5.74) is 5.66. The number of aliphatic hydroxyl groups is 1. The van der Waals surface area contributed by atoms with Gasteiger partial charge in [-0.3, -0.25) is 10.1 Å². The van der Waals surface area contributed by atoms with E-state index in [4.69, 9.17) is 4.74 Å². The number of ether oxygens (including phenoxy) is 1. The zero-order valence-corrected chi connectivity index (χ0v) is 21.4. The molecule has 0 aliphatic carbocycles. The molecular formula is C26H31FN8O2. The fraction of sp³-hybridized carbons (Fsp3) is 0.462. The van der Waals surface area contributed by atoms with Crippen molar-refractivity contribution in [3.8, 4) is 0 Å². The first kappa shape index (κ1) is 23.8. The Labute approximate surface area is 213 Å². The van der Waals surface area contributed by atoms with Crippen LogP contribution in [0.5, 0.6) is 0 Å². The number of nitrogens with one attached hydrogen (secondary N) is 2. The van der Waals surface area contributed by atoms with Gasteiger partial charge in [-0.1, -0.05) is 5.21 Å². The number of anilines is 1. The van der Waals surface area contributed by atoms with Crippen LogP contribution in [0.4, 0.5) is 10.1 Å². The number of aromatic nitrogens is 7. The van der Waals surface area contributed by atoms with E-state index in [-0.39, 0.29) is 11.7 Å². The smallest absolute Gasteiger partial charge is 0.146 e. The number of hydrogen-bond donors (Lipinski definition) is 3. The molecule has 6 rings (SSSR count). The van der Waals surface area contributed by atoms with Gasteiger partial charge in [-0.05, 0) is 57.7 Å². The highest BCUT2D eigenvalue weighted by Gasteiger charge is 2.38. The average molecular weight is 507 g/mol. The lowest BCUT2D eigenvalue weighted by Crippen LogP contribution is -2.30. The fourth-order valence-corrected chi connectivity index (χ4v) is 5.79. The minimum atomic E-state index is -1.20. The van der Waals surface area contributed by atoms with Crippen LogP contribution < -0.4 is 5.32 Å². The quantitative estimate of drug-likeness (QED) is 0.379. The number of pyridine rings is 1. The second-order valence-electron chi connectivity index (χ2n) is 10.4. The van der Waals surface area contributed by atoms with E-state index in [2.05, 4.69) is 41.5 Å². The molecule has 0 saturated carbocycles. The summed E-state index contributed by atoms with van der Waals surface area (Å²) in [5.74, 6) is -0.288. The van der Waals surface area contributed by atoms with Crippen molar-refractivity contribution in [2.45, 2.75) is 45.3 Å². The third-order valence-electron chi connectivity index (χ3n) is 7.47. The molecule has 1 fully saturated rings. The summed E-state index contributed by atoms with van der Waals surface area (Å²) in [6, 6.07) is 2.63. The number of hydrogen-bond acceptors (Lipinski definition) is 7. The summed E-state index contributed by atoms with van der Waals surface area (Å²) in [7, 11) is 1.87. The molecule has 37 heavy (non-hydrogen) atoms. The molecule has 0 unspecified atom stereocenters. The number of nitrogens with zero attached hydrogens (tertiary/aromatic N) is 6. The van der Waals surface area contributed by atoms with Crippen LogP contribution in [0.2, 0.25) is 0 Å². The molecule has 194 valence electrons. The average Bonchev–Trinajstić information content (AvgIpc) is 3.54. The Morgan fingerprint density at radius 3 is 2.73 bits per heavy atom. The normalized spacial score (nSPS) is 17.5. The molecule has 4 aromatic heterocycles. The van der Waals surface area contributed by atoms with Gasteiger partial charge < -0.3 is 19.7 Å². The zero-order valence-electron chi connectivity index (χ0n) is 21.4. The predicted molar refractivity (Wildman–Crippen MR) is 137 cm³/mol. The number of fused-ring (bicyclic) bond motifs is 3. The van der Waals surface area contributed by atoms with Crippen molar-refractivity contribution >= 4 is 28.4 Å². The molecule has 2 aliphatic rings. The molecule has 0 spiro atoms. The summed E-state index contributed by atoms with van der Waals surface area (Å²) >= 11 is 0. The molecule has 0 bridgehead atoms. The molecule has 11 heteroatoms. The van der Waals surface area contributed by atoms with Crippen LogP contribution in [0, 0.1) is 18.7 Å². The van der Waals surface area contributed by atoms with Gasteiger partial charge in [0, 0.05) is 38.6 Å². The molecule has 2 aliphatic heterocycles. The van der Waals surface area contributed by atoms with Crippen molar-refractivity contribution < 1.29 is 14.2 Å². The largest absolute Gasteiger partial charge is 0.384 e. The Bertz CT molecular complexity index is 1480. The maximum Gasteiger partial charge on any atom is 0.146 e. The standard InChI is InChI=1S/C26H31FN8O2/c1-14-22(34(4)33-30-14)16-12-18-20(29-13-16)21-24(25(32-31-21)26(2,3)36)35(18)23(15-7-10-37-11-8-15)19-17(27)6-5-9-28-19/h5-6,9,12,15,23,29,36H,7-8,10-11,13H2,1-4H3,(H,31,32)/t23-/m0/s1. The monoisotopic (exact) mass is 506 g/mol. The van der Waals surface area contributed by atoms with Crippen molar-refractivity contribution in [2.24, 2.45) is 13.0 Å². The van der Waals surface area contributed by atoms with Gasteiger partial charge in [0.15, 0.2) is 0 Å². The summed E-state index contributed by atoms with van der Waals surface area (Å²) in [4.78, 5) is 4.54. The molecule has 0 radical (unpaired) electrons. The minimum absolute atomic E-state index is 0.0706. The zero-order chi connectivity index (χ0) is 25.9. The van der Waals surface area contributed by atoms with Crippen molar-refractivity contribution in [3.63, 3.8) is 0 Å². The second-order valence-corrected chi connectivity index (χ2v) is 10.4. The molecule has 10 nitrogen and oxygen atoms in total. The van der Waals surface area contributed by atoms with Crippen LogP contribution in [0.1, 0.15) is 61.2 Å². The summed E-state index contributed by atoms with van der Waals surface area (Å²) in [5, 5.41) is 30.7. The number of H-pyrrole nitrogens is 1. The van der Waals surface area contributed by atoms with Crippen LogP contribution >= 0.6 is 0 Å². The van der Waals surface area contributed by atoms with Crippen LogP contribution in [0.3, 0.4) is 0 Å². The van der Waals surface area contributed by atoms with E-state index in [1.54, 1.807) is 30.8 Å². The van der Waals surface area contributed by atoms with Gasteiger partial charge in [-0.15, -0.1) is 5.10 Å². The van der Waals surface area contributed by atoms with Crippen LogP contribution in [0.15, 0.2) is 18.3 Å². The topological polar surface area (TPSA) is 119 Å². The predicted octanol–water partition coefficient (Wildman–Crippen LogP) is 3.54. The van der Waals surface area contributed by atoms with E-state index >= 15 is 4.39 Å². The van der Waals surface area contributed by atoms with Crippen LogP contribution in [-0.2, 0) is 17.4 Å². The van der Waals surface area contributed by atoms with Gasteiger partial charge in [0.05, 0.1) is 45.7 Å². The fourth-order valence-electron chi connectivity index (χ4n) is 5.79. The van der Waals surface area contributed by atoms with E-state index in [1.807, 2.05) is 14.0 Å². The number of halogens is 1. The van der Waals surface area contributed by atoms with Gasteiger partial charge in [-0.25, -0.2) is 9.07 Å². The Balaban J connectivity index is 1.67. The van der Waals surface area contributed by atoms with Gasteiger partial charge in [0.1, 0.15) is 16.9 Å². The number of rotatable bonds is 5. The summed E-state index contributed by atoms with van der Waals surface area (Å²) in [6.07, 6.45) is 5.27. The first-order chi connectivity index (χ1) is 17.8. The number of aromatic amines is 1. The SMILES string of the molecule is Cc1nnn(C)c1C1=Cc2c(c3n[nH]c(C(C)(C)O)c3n2[C@H](c2ncccc2F)C2CCOCC2)NC1. The molecule has 3 N–H and O–H groups in total. The lowest BCUT2D eigenvalue weighted by molar-refractivity contribution is 0.0532. The molecule has 6 heterocycles. The highest BCUT2D eigenvalue weighted by molar-refractivity contribution is 6.02. The third kappa shape index (κ3) is 3.84. The Kier molecular flexibility index (Phi) is 5.64. The van der Waals surface area contributed by atoms with Crippen molar-refractivity contribution in [1.29, 1.82) is 0 Å². The first-order valence-electron chi connectivity index (χ1n) is 12.6. The van der Waals surface area contributed by atoms with E-state index in [9.17, 15) is 5.11 Å². The first-order valence-corrected chi connectivity index (χ1v) is 12.6. The van der Waals surface area contributed by atoms with E-state index < -0.39 is 11.6 Å². The van der Waals surface area contributed by atoms with E-state index in [1.165, 1.54) is 6.07 Å². The van der Waals surface area contributed by atoms with E-state index in [0.717, 1.165) is 46.7 Å². The Hall–Kier alpha value is -3.57. The van der Waals surface area contributed by atoms with Crippen LogP contribution in [-0.4, -0.2) is 59.6 Å². The summed E-state index contributed by atoms with van der Waals surface area (Å²) in [6.45, 7) is 7.14. The molecule has 0 aromatic carbocycles. The summed E-state index contributed by atoms with van der Waals surface area (Å²) < 4.78 is 25.0. The maximum absolute atomic E-state index is 15.5. The lowest BCUT2D eigenvalue weighted by Gasteiger charge is -2.33. The third-order valence-corrected chi connectivity index (χ3v) is 7.47.